The molecular formula is C14H20ClF3N2O. The molecule has 0 spiro atoms. The van der Waals surface area contributed by atoms with E-state index in [1.807, 2.05) is 6.92 Å². The number of alkyl halides is 3. The number of piperazine rings is 1. The van der Waals surface area contributed by atoms with Crippen LogP contribution in [-0.4, -0.2) is 43.9 Å². The quantitative estimate of drug-likeness (QED) is 0.921. The average Bonchev–Trinajstić information content (AvgIpc) is 2.39. The van der Waals surface area contributed by atoms with E-state index in [0.717, 1.165) is 0 Å². The molecule has 1 aliphatic rings. The smallest absolute Gasteiger partial charge is 0.408 e. The van der Waals surface area contributed by atoms with Crippen LogP contribution in [0, 0.1) is 0 Å². The second-order valence-electron chi connectivity index (χ2n) is 4.74. The van der Waals surface area contributed by atoms with E-state index in [1.165, 1.54) is 17.0 Å². The summed E-state index contributed by atoms with van der Waals surface area (Å²) in [6.45, 7) is 4.19. The first-order chi connectivity index (χ1) is 9.52. The molecule has 1 aliphatic heterocycles. The first-order valence-corrected chi connectivity index (χ1v) is 6.76. The maximum atomic E-state index is 13.4. The topological polar surface area (TPSA) is 24.5 Å². The van der Waals surface area contributed by atoms with Crippen LogP contribution in [0.15, 0.2) is 24.3 Å². The number of rotatable bonds is 4. The fraction of sp³-hybridized carbons (Fsp3) is 0.571. The molecule has 3 nitrogen and oxygen atoms in total. The van der Waals surface area contributed by atoms with Gasteiger partial charge in [0, 0.05) is 26.2 Å². The SMILES string of the molecule is CCOc1cccc([C@H](N2CCNCC2)C(F)(F)F)c1.Cl. The van der Waals surface area contributed by atoms with E-state index in [-0.39, 0.29) is 18.0 Å². The first-order valence-electron chi connectivity index (χ1n) is 6.76. The van der Waals surface area contributed by atoms with E-state index >= 15 is 0 Å². The van der Waals surface area contributed by atoms with Crippen LogP contribution in [0.1, 0.15) is 18.5 Å². The summed E-state index contributed by atoms with van der Waals surface area (Å²) in [4.78, 5) is 1.47. The zero-order valence-electron chi connectivity index (χ0n) is 11.8. The number of benzene rings is 1. The molecule has 1 fully saturated rings. The molecule has 1 N–H and O–H groups in total. The molecule has 1 aromatic rings. The Hall–Kier alpha value is -0.980. The molecule has 0 radical (unpaired) electrons. The fourth-order valence-electron chi connectivity index (χ4n) is 2.49. The van der Waals surface area contributed by atoms with E-state index < -0.39 is 12.2 Å². The highest BCUT2D eigenvalue weighted by molar-refractivity contribution is 5.85. The summed E-state index contributed by atoms with van der Waals surface area (Å²) in [5, 5.41) is 3.07. The number of nitrogens with one attached hydrogen (secondary N) is 1. The zero-order chi connectivity index (χ0) is 14.6. The molecule has 120 valence electrons. The Bertz CT molecular complexity index is 436. The molecule has 0 unspecified atom stereocenters. The van der Waals surface area contributed by atoms with Crippen LogP contribution in [0.5, 0.6) is 5.75 Å². The third-order valence-corrected chi connectivity index (χ3v) is 3.31. The van der Waals surface area contributed by atoms with Crippen molar-refractivity contribution in [3.05, 3.63) is 29.8 Å². The molecule has 1 aromatic carbocycles. The van der Waals surface area contributed by atoms with Gasteiger partial charge in [-0.1, -0.05) is 12.1 Å². The van der Waals surface area contributed by atoms with Crippen molar-refractivity contribution in [2.24, 2.45) is 0 Å². The maximum Gasteiger partial charge on any atom is 0.408 e. The predicted octanol–water partition coefficient (Wildman–Crippen LogP) is 3.02. The van der Waals surface area contributed by atoms with Crippen molar-refractivity contribution in [3.63, 3.8) is 0 Å². The lowest BCUT2D eigenvalue weighted by molar-refractivity contribution is -0.187. The largest absolute Gasteiger partial charge is 0.494 e. The lowest BCUT2D eigenvalue weighted by Gasteiger charge is -2.36. The van der Waals surface area contributed by atoms with Crippen LogP contribution in [0.2, 0.25) is 0 Å². The number of nitrogens with zero attached hydrogens (tertiary/aromatic N) is 1. The van der Waals surface area contributed by atoms with Crippen molar-refractivity contribution < 1.29 is 17.9 Å². The molecule has 2 rings (SSSR count). The molecule has 1 saturated heterocycles. The van der Waals surface area contributed by atoms with Gasteiger partial charge in [-0.3, -0.25) is 4.90 Å². The van der Waals surface area contributed by atoms with Crippen molar-refractivity contribution in [2.75, 3.05) is 32.8 Å². The van der Waals surface area contributed by atoms with Crippen molar-refractivity contribution in [3.8, 4) is 5.75 Å². The molecular weight excluding hydrogens is 305 g/mol. The number of hydrogen-bond acceptors (Lipinski definition) is 3. The van der Waals surface area contributed by atoms with Gasteiger partial charge in [0.25, 0.3) is 0 Å². The van der Waals surface area contributed by atoms with Crippen LogP contribution in [0.4, 0.5) is 13.2 Å². The van der Waals surface area contributed by atoms with Crippen molar-refractivity contribution in [2.45, 2.75) is 19.1 Å². The molecule has 0 amide bonds. The Kier molecular flexibility index (Phi) is 6.77. The molecule has 0 aliphatic carbocycles. The van der Waals surface area contributed by atoms with Gasteiger partial charge < -0.3 is 10.1 Å². The predicted molar refractivity (Wildman–Crippen MR) is 78.1 cm³/mol. The van der Waals surface area contributed by atoms with Gasteiger partial charge in [-0.05, 0) is 24.6 Å². The summed E-state index contributed by atoms with van der Waals surface area (Å²) < 4.78 is 45.5. The Labute approximate surface area is 128 Å². The second-order valence-corrected chi connectivity index (χ2v) is 4.74. The summed E-state index contributed by atoms with van der Waals surface area (Å²) in [6.07, 6.45) is -4.29. The molecule has 7 heteroatoms. The van der Waals surface area contributed by atoms with E-state index in [9.17, 15) is 13.2 Å². The van der Waals surface area contributed by atoms with Gasteiger partial charge in [0.2, 0.25) is 0 Å². The van der Waals surface area contributed by atoms with Gasteiger partial charge >= 0.3 is 6.18 Å². The van der Waals surface area contributed by atoms with Crippen molar-refractivity contribution in [1.82, 2.24) is 10.2 Å². The number of hydrogen-bond donors (Lipinski definition) is 1. The van der Waals surface area contributed by atoms with Gasteiger partial charge in [0.1, 0.15) is 11.8 Å². The van der Waals surface area contributed by atoms with Crippen molar-refractivity contribution in [1.29, 1.82) is 0 Å². The Morgan fingerprint density at radius 2 is 1.95 bits per heavy atom. The number of halogens is 4. The van der Waals surface area contributed by atoms with Crippen LogP contribution < -0.4 is 10.1 Å². The molecule has 1 heterocycles. The molecule has 0 saturated carbocycles. The van der Waals surface area contributed by atoms with E-state index in [0.29, 0.717) is 38.5 Å². The summed E-state index contributed by atoms with van der Waals surface area (Å²) in [5.74, 6) is 0.481. The first kappa shape index (κ1) is 18.1. The Morgan fingerprint density at radius 3 is 2.52 bits per heavy atom. The molecule has 1 atom stereocenters. The average molecular weight is 325 g/mol. The number of ether oxygens (including phenoxy) is 1. The third-order valence-electron chi connectivity index (χ3n) is 3.31. The molecule has 21 heavy (non-hydrogen) atoms. The van der Waals surface area contributed by atoms with E-state index in [2.05, 4.69) is 5.32 Å². The molecule has 0 bridgehead atoms. The normalized spacial score (nSPS) is 17.9. The highest BCUT2D eigenvalue weighted by Crippen LogP contribution is 2.38. The minimum Gasteiger partial charge on any atom is -0.494 e. The monoisotopic (exact) mass is 324 g/mol. The van der Waals surface area contributed by atoms with E-state index in [1.54, 1.807) is 12.1 Å². The van der Waals surface area contributed by atoms with Gasteiger partial charge in [-0.15, -0.1) is 12.4 Å². The summed E-state index contributed by atoms with van der Waals surface area (Å²) in [5.41, 5.74) is 0.241. The van der Waals surface area contributed by atoms with Gasteiger partial charge in [0.05, 0.1) is 6.61 Å². The molecule has 0 aromatic heterocycles. The lowest BCUT2D eigenvalue weighted by atomic mass is 10.0. The van der Waals surface area contributed by atoms with Crippen LogP contribution in [0.3, 0.4) is 0 Å². The second kappa shape index (κ2) is 7.87. The van der Waals surface area contributed by atoms with Crippen LogP contribution in [0.25, 0.3) is 0 Å². The fourth-order valence-corrected chi connectivity index (χ4v) is 2.49. The van der Waals surface area contributed by atoms with Gasteiger partial charge in [-0.2, -0.15) is 13.2 Å². The highest BCUT2D eigenvalue weighted by atomic mass is 35.5. The van der Waals surface area contributed by atoms with Crippen LogP contribution in [-0.2, 0) is 0 Å². The van der Waals surface area contributed by atoms with Gasteiger partial charge in [0.15, 0.2) is 0 Å². The summed E-state index contributed by atoms with van der Waals surface area (Å²) >= 11 is 0. The van der Waals surface area contributed by atoms with Crippen molar-refractivity contribution >= 4 is 12.4 Å². The Morgan fingerprint density at radius 1 is 1.29 bits per heavy atom. The summed E-state index contributed by atoms with van der Waals surface area (Å²) in [6, 6.07) is 4.73. The third kappa shape index (κ3) is 4.76. The zero-order valence-corrected chi connectivity index (χ0v) is 12.6. The van der Waals surface area contributed by atoms with Crippen LogP contribution >= 0.6 is 12.4 Å². The summed E-state index contributed by atoms with van der Waals surface area (Å²) in [7, 11) is 0. The minimum atomic E-state index is -4.29. The Balaban J connectivity index is 0.00000220. The minimum absolute atomic E-state index is 0. The lowest BCUT2D eigenvalue weighted by Crippen LogP contribution is -2.49. The maximum absolute atomic E-state index is 13.4. The van der Waals surface area contributed by atoms with Gasteiger partial charge in [-0.25, -0.2) is 0 Å². The standard InChI is InChI=1S/C14H19F3N2O.ClH/c1-2-20-12-5-3-4-11(10-12)13(14(15,16)17)19-8-6-18-7-9-19;/h3-5,10,13,18H,2,6-9H2,1H3;1H/t13-;/m0./s1. The highest BCUT2D eigenvalue weighted by Gasteiger charge is 2.44. The van der Waals surface area contributed by atoms with E-state index in [4.69, 9.17) is 4.74 Å².